The van der Waals surface area contributed by atoms with E-state index in [1.165, 1.54) is 6.92 Å². The molecule has 1 aromatic carbocycles. The first kappa shape index (κ1) is 21.2. The molecule has 0 saturated carbocycles. The molecular weight excluding hydrogens is 364 g/mol. The number of hydrogen-bond donors (Lipinski definition) is 1. The van der Waals surface area contributed by atoms with E-state index in [4.69, 9.17) is 14.2 Å². The van der Waals surface area contributed by atoms with E-state index in [0.29, 0.717) is 18.6 Å². The van der Waals surface area contributed by atoms with Gasteiger partial charge in [0, 0.05) is 5.57 Å². The number of hydrogen-bond acceptors (Lipinski definition) is 6. The molecule has 0 saturated heterocycles. The van der Waals surface area contributed by atoms with Crippen molar-refractivity contribution in [2.75, 3.05) is 13.2 Å². The molecule has 0 aliphatic heterocycles. The van der Waals surface area contributed by atoms with E-state index in [9.17, 15) is 19.5 Å². The Balaban J connectivity index is 2.04. The molecule has 1 N–H and O–H groups in total. The second-order valence-corrected chi connectivity index (χ2v) is 6.54. The van der Waals surface area contributed by atoms with Crippen molar-refractivity contribution in [2.24, 2.45) is 11.8 Å². The highest BCUT2D eigenvalue weighted by atomic mass is 16.6. The third-order valence-corrected chi connectivity index (χ3v) is 4.22. The summed E-state index contributed by atoms with van der Waals surface area (Å²) in [5, 5.41) is 9.34. The second-order valence-electron chi connectivity index (χ2n) is 6.54. The number of ether oxygens (including phenoxy) is 3. The summed E-state index contributed by atoms with van der Waals surface area (Å²) in [5.74, 6) is -3.50. The summed E-state index contributed by atoms with van der Waals surface area (Å²) in [6.45, 7) is 4.74. The number of allylic oxidation sites excluding steroid dienone is 1. The van der Waals surface area contributed by atoms with Crippen molar-refractivity contribution in [1.82, 2.24) is 0 Å². The molecule has 0 bridgehead atoms. The molecule has 0 spiro atoms. The van der Waals surface area contributed by atoms with Crippen LogP contribution in [0.25, 0.3) is 0 Å². The van der Waals surface area contributed by atoms with Crippen molar-refractivity contribution >= 4 is 17.9 Å². The molecule has 0 heterocycles. The van der Waals surface area contributed by atoms with Gasteiger partial charge in [0.2, 0.25) is 0 Å². The van der Waals surface area contributed by atoms with Gasteiger partial charge < -0.3 is 19.3 Å². The van der Waals surface area contributed by atoms with Crippen molar-refractivity contribution < 1.29 is 33.7 Å². The molecule has 3 unspecified atom stereocenters. The zero-order valence-electron chi connectivity index (χ0n) is 15.7. The summed E-state index contributed by atoms with van der Waals surface area (Å²) in [7, 11) is 0. The first-order chi connectivity index (χ1) is 13.4. The van der Waals surface area contributed by atoms with Gasteiger partial charge in [-0.05, 0) is 31.9 Å². The maximum atomic E-state index is 12.6. The molecule has 0 aromatic heterocycles. The molecule has 1 aliphatic carbocycles. The molecule has 0 fully saturated rings. The van der Waals surface area contributed by atoms with Gasteiger partial charge in [0.25, 0.3) is 0 Å². The Labute approximate surface area is 163 Å². The third kappa shape index (κ3) is 6.26. The van der Waals surface area contributed by atoms with Gasteiger partial charge in [0.15, 0.2) is 6.10 Å². The van der Waals surface area contributed by atoms with Crippen molar-refractivity contribution in [1.29, 1.82) is 0 Å². The Hall–Kier alpha value is -3.09. The van der Waals surface area contributed by atoms with Gasteiger partial charge in [0.05, 0.1) is 11.8 Å². The standard InChI is InChI=1S/C21H24O7/c1-14(2)20(24)27-13-16(12-26-15-8-4-3-5-9-15)28-21(25)18-11-7-6-10-17(18)19(22)23/h3-5,7-9,11,16-18H,1,6,10,12-13H2,2H3,(H,22,23). The fourth-order valence-corrected chi connectivity index (χ4v) is 2.71. The number of carboxylic acid groups (broad SMARTS) is 1. The highest BCUT2D eigenvalue weighted by molar-refractivity contribution is 5.87. The lowest BCUT2D eigenvalue weighted by atomic mass is 9.84. The quantitative estimate of drug-likeness (QED) is 0.394. The third-order valence-electron chi connectivity index (χ3n) is 4.22. The van der Waals surface area contributed by atoms with Crippen LogP contribution in [0.3, 0.4) is 0 Å². The fourth-order valence-electron chi connectivity index (χ4n) is 2.71. The molecule has 7 nitrogen and oxygen atoms in total. The van der Waals surface area contributed by atoms with Crippen LogP contribution in [-0.4, -0.2) is 42.3 Å². The van der Waals surface area contributed by atoms with Crippen molar-refractivity contribution in [2.45, 2.75) is 25.9 Å². The zero-order chi connectivity index (χ0) is 20.5. The first-order valence-electron chi connectivity index (χ1n) is 8.99. The second kappa shape index (κ2) is 10.3. The number of carbonyl (C=O) groups excluding carboxylic acids is 2. The topological polar surface area (TPSA) is 99.1 Å². The largest absolute Gasteiger partial charge is 0.490 e. The summed E-state index contributed by atoms with van der Waals surface area (Å²) in [6, 6.07) is 8.90. The number of carbonyl (C=O) groups is 3. The number of para-hydroxylation sites is 1. The summed E-state index contributed by atoms with van der Waals surface area (Å²) < 4.78 is 16.1. The fraction of sp³-hybridized carbons (Fsp3) is 0.381. The van der Waals surface area contributed by atoms with Crippen molar-refractivity contribution in [3.8, 4) is 5.75 Å². The summed E-state index contributed by atoms with van der Waals surface area (Å²) >= 11 is 0. The highest BCUT2D eigenvalue weighted by Gasteiger charge is 2.35. The average molecular weight is 388 g/mol. The molecule has 150 valence electrons. The highest BCUT2D eigenvalue weighted by Crippen LogP contribution is 2.26. The minimum atomic E-state index is -1.04. The SMILES string of the molecule is C=C(C)C(=O)OCC(COc1ccccc1)OC(=O)C1C=CCCC1C(=O)O. The first-order valence-corrected chi connectivity index (χ1v) is 8.99. The van der Waals surface area contributed by atoms with E-state index in [1.807, 2.05) is 6.07 Å². The smallest absolute Gasteiger partial charge is 0.333 e. The number of aliphatic carboxylic acids is 1. The molecule has 3 atom stereocenters. The van der Waals surface area contributed by atoms with Crippen molar-refractivity contribution in [3.05, 3.63) is 54.6 Å². The molecule has 28 heavy (non-hydrogen) atoms. The molecule has 1 aliphatic rings. The predicted octanol–water partition coefficient (Wildman–Crippen LogP) is 2.76. The van der Waals surface area contributed by atoms with Gasteiger partial charge in [-0.25, -0.2) is 4.79 Å². The van der Waals surface area contributed by atoms with E-state index in [1.54, 1.807) is 36.4 Å². The van der Waals surface area contributed by atoms with Crippen LogP contribution < -0.4 is 4.74 Å². The van der Waals surface area contributed by atoms with Crippen LogP contribution in [-0.2, 0) is 23.9 Å². The van der Waals surface area contributed by atoms with Crippen LogP contribution in [0.2, 0.25) is 0 Å². The van der Waals surface area contributed by atoms with Crippen molar-refractivity contribution in [3.63, 3.8) is 0 Å². The lowest BCUT2D eigenvalue weighted by Crippen LogP contribution is -2.37. The Morgan fingerprint density at radius 2 is 1.93 bits per heavy atom. The Kier molecular flexibility index (Phi) is 7.80. The zero-order valence-corrected chi connectivity index (χ0v) is 15.7. The number of esters is 2. The molecular formula is C21H24O7. The van der Waals surface area contributed by atoms with Crippen LogP contribution in [0.5, 0.6) is 5.75 Å². The number of carboxylic acids is 1. The lowest BCUT2D eigenvalue weighted by molar-refractivity contribution is -0.166. The maximum absolute atomic E-state index is 12.6. The molecule has 0 radical (unpaired) electrons. The minimum Gasteiger partial charge on any atom is -0.490 e. The Bertz CT molecular complexity index is 738. The van der Waals surface area contributed by atoms with E-state index >= 15 is 0 Å². The molecule has 1 aromatic rings. The predicted molar refractivity (Wildman–Crippen MR) is 101 cm³/mol. The summed E-state index contributed by atoms with van der Waals surface area (Å²) in [5.41, 5.74) is 0.218. The van der Waals surface area contributed by atoms with E-state index in [2.05, 4.69) is 6.58 Å². The van der Waals surface area contributed by atoms with Gasteiger partial charge in [-0.2, -0.15) is 0 Å². The van der Waals surface area contributed by atoms with Gasteiger partial charge in [-0.15, -0.1) is 0 Å². The minimum absolute atomic E-state index is 0.0482. The molecule has 2 rings (SSSR count). The summed E-state index contributed by atoms with van der Waals surface area (Å²) in [6.07, 6.45) is 3.39. The summed E-state index contributed by atoms with van der Waals surface area (Å²) in [4.78, 5) is 35.6. The van der Waals surface area contributed by atoms with Crippen LogP contribution in [0.1, 0.15) is 19.8 Å². The normalized spacial score (nSPS) is 19.3. The number of rotatable bonds is 9. The van der Waals surface area contributed by atoms with E-state index in [0.717, 1.165) is 0 Å². The number of benzene rings is 1. The lowest BCUT2D eigenvalue weighted by Gasteiger charge is -2.25. The molecule has 7 heteroatoms. The molecule has 0 amide bonds. The van der Waals surface area contributed by atoms with Crippen LogP contribution >= 0.6 is 0 Å². The van der Waals surface area contributed by atoms with Gasteiger partial charge in [-0.1, -0.05) is 36.9 Å². The van der Waals surface area contributed by atoms with Crippen LogP contribution in [0.15, 0.2) is 54.6 Å². The Morgan fingerprint density at radius 1 is 1.21 bits per heavy atom. The average Bonchev–Trinajstić information content (AvgIpc) is 2.70. The maximum Gasteiger partial charge on any atom is 0.333 e. The van der Waals surface area contributed by atoms with Gasteiger partial charge in [0.1, 0.15) is 19.0 Å². The Morgan fingerprint density at radius 3 is 2.57 bits per heavy atom. The van der Waals surface area contributed by atoms with E-state index in [-0.39, 0.29) is 18.8 Å². The van der Waals surface area contributed by atoms with Gasteiger partial charge >= 0.3 is 17.9 Å². The van der Waals surface area contributed by atoms with Crippen LogP contribution in [0.4, 0.5) is 0 Å². The monoisotopic (exact) mass is 388 g/mol. The van der Waals surface area contributed by atoms with E-state index < -0.39 is 35.8 Å². The van der Waals surface area contributed by atoms with Crippen LogP contribution in [0, 0.1) is 11.8 Å². The van der Waals surface area contributed by atoms with Gasteiger partial charge in [-0.3, -0.25) is 9.59 Å².